The molecule has 2 atom stereocenters. The van der Waals surface area contributed by atoms with Crippen molar-refractivity contribution in [3.63, 3.8) is 0 Å². The summed E-state index contributed by atoms with van der Waals surface area (Å²) >= 11 is 0. The molecule has 2 aromatic heterocycles. The number of furan rings is 1. The molecule has 166 valence electrons. The van der Waals surface area contributed by atoms with Crippen LogP contribution in [0.1, 0.15) is 36.5 Å². The number of aryl methyl sites for hydroxylation is 1. The molecule has 3 rings (SSSR count). The summed E-state index contributed by atoms with van der Waals surface area (Å²) in [6.45, 7) is 4.83. The Labute approximate surface area is 176 Å². The van der Waals surface area contributed by atoms with Gasteiger partial charge in [-0.2, -0.15) is 9.40 Å². The van der Waals surface area contributed by atoms with E-state index in [1.807, 2.05) is 0 Å². The number of carbonyl (C=O) groups is 1. The highest BCUT2D eigenvalue weighted by molar-refractivity contribution is 7.91. The lowest BCUT2D eigenvalue weighted by molar-refractivity contribution is -0.124. The van der Waals surface area contributed by atoms with Crippen LogP contribution in [0.15, 0.2) is 27.7 Å². The van der Waals surface area contributed by atoms with Crippen molar-refractivity contribution in [1.29, 1.82) is 0 Å². The Bertz CT molecular complexity index is 1140. The second kappa shape index (κ2) is 8.16. The van der Waals surface area contributed by atoms with Crippen molar-refractivity contribution in [3.8, 4) is 0 Å². The Morgan fingerprint density at radius 2 is 2.13 bits per heavy atom. The van der Waals surface area contributed by atoms with Crippen LogP contribution in [0.5, 0.6) is 0 Å². The van der Waals surface area contributed by atoms with E-state index < -0.39 is 37.9 Å². The van der Waals surface area contributed by atoms with Crippen LogP contribution >= 0.6 is 0 Å². The molecule has 1 fully saturated rings. The molecule has 12 heteroatoms. The number of nitrogens with one attached hydrogen (secondary N) is 1. The number of rotatable bonds is 7. The van der Waals surface area contributed by atoms with Gasteiger partial charge in [0.1, 0.15) is 16.7 Å². The molecule has 0 aliphatic carbocycles. The molecular formula is C18H26N4O6S2. The van der Waals surface area contributed by atoms with Crippen molar-refractivity contribution in [3.05, 3.63) is 35.5 Å². The van der Waals surface area contributed by atoms with E-state index >= 15 is 0 Å². The van der Waals surface area contributed by atoms with Gasteiger partial charge in [0, 0.05) is 13.1 Å². The zero-order valence-electron chi connectivity index (χ0n) is 17.3. The van der Waals surface area contributed by atoms with Gasteiger partial charge in [0.15, 0.2) is 9.84 Å². The maximum absolute atomic E-state index is 13.1. The largest absolute Gasteiger partial charge is 0.468 e. The Morgan fingerprint density at radius 3 is 2.70 bits per heavy atom. The van der Waals surface area contributed by atoms with E-state index in [2.05, 4.69) is 10.4 Å². The van der Waals surface area contributed by atoms with Crippen LogP contribution in [0.3, 0.4) is 0 Å². The predicted octanol–water partition coefficient (Wildman–Crippen LogP) is 0.778. The Kier molecular flexibility index (Phi) is 6.12. The zero-order chi connectivity index (χ0) is 22.3. The third-order valence-corrected chi connectivity index (χ3v) is 9.03. The maximum atomic E-state index is 13.1. The number of nitrogens with zero attached hydrogens (tertiary/aromatic N) is 3. The first-order valence-electron chi connectivity index (χ1n) is 9.47. The molecule has 0 radical (unpaired) electrons. The number of hydrogen-bond donors (Lipinski definition) is 1. The first-order chi connectivity index (χ1) is 13.9. The number of sulfonamides is 1. The van der Waals surface area contributed by atoms with Crippen LogP contribution in [0, 0.1) is 13.8 Å². The van der Waals surface area contributed by atoms with Gasteiger partial charge in [-0.15, -0.1) is 0 Å². The molecule has 1 saturated heterocycles. The fourth-order valence-corrected chi connectivity index (χ4v) is 6.77. The topological polar surface area (TPSA) is 132 Å². The molecule has 0 saturated carbocycles. The van der Waals surface area contributed by atoms with Crippen molar-refractivity contribution < 1.29 is 26.0 Å². The average molecular weight is 459 g/mol. The van der Waals surface area contributed by atoms with Crippen molar-refractivity contribution in [2.24, 2.45) is 0 Å². The quantitative estimate of drug-likeness (QED) is 0.648. The number of hydrogen-bond acceptors (Lipinski definition) is 7. The summed E-state index contributed by atoms with van der Waals surface area (Å²) in [5.74, 6) is 0.0646. The van der Waals surface area contributed by atoms with E-state index in [-0.39, 0.29) is 28.6 Å². The molecule has 1 aliphatic rings. The summed E-state index contributed by atoms with van der Waals surface area (Å²) in [5.41, 5.74) is 0.613. The molecule has 1 aliphatic heterocycles. The number of amides is 1. The molecule has 2 aromatic rings. The molecule has 10 nitrogen and oxygen atoms in total. The highest BCUT2D eigenvalue weighted by Gasteiger charge is 2.33. The lowest BCUT2D eigenvalue weighted by Gasteiger charge is -2.19. The molecule has 30 heavy (non-hydrogen) atoms. The van der Waals surface area contributed by atoms with Crippen LogP contribution in [-0.2, 0) is 31.2 Å². The second-order valence-electron chi connectivity index (χ2n) is 7.57. The standard InChI is InChI=1S/C18H26N4O6S2/c1-12-17(30(26,27)21(4)10-16-6-5-8-28-16)13(2)22(20-12)14(3)18(23)19-15-7-9-29(24,25)11-15/h5-6,8,14-15H,7,9-11H2,1-4H3,(H,19,23)/t14-,15+/m0/s1. The summed E-state index contributed by atoms with van der Waals surface area (Å²) < 4.78 is 57.2. The summed E-state index contributed by atoms with van der Waals surface area (Å²) in [5, 5.41) is 7.02. The Hall–Kier alpha value is -2.18. The fraction of sp³-hybridized carbons (Fsp3) is 0.556. The molecule has 0 bridgehead atoms. The van der Waals surface area contributed by atoms with E-state index in [1.165, 1.54) is 22.3 Å². The molecule has 1 amide bonds. The summed E-state index contributed by atoms with van der Waals surface area (Å²) in [7, 11) is -5.55. The van der Waals surface area contributed by atoms with Crippen LogP contribution < -0.4 is 5.32 Å². The predicted molar refractivity (Wildman–Crippen MR) is 109 cm³/mol. The fourth-order valence-electron chi connectivity index (χ4n) is 3.60. The van der Waals surface area contributed by atoms with Gasteiger partial charge in [0.2, 0.25) is 15.9 Å². The van der Waals surface area contributed by atoms with E-state index in [0.717, 1.165) is 0 Å². The highest BCUT2D eigenvalue weighted by atomic mass is 32.2. The summed E-state index contributed by atoms with van der Waals surface area (Å²) in [4.78, 5) is 12.7. The van der Waals surface area contributed by atoms with Gasteiger partial charge in [0.05, 0.1) is 35.7 Å². The van der Waals surface area contributed by atoms with E-state index in [4.69, 9.17) is 4.42 Å². The van der Waals surface area contributed by atoms with Gasteiger partial charge in [-0.3, -0.25) is 9.48 Å². The monoisotopic (exact) mass is 458 g/mol. The van der Waals surface area contributed by atoms with Gasteiger partial charge < -0.3 is 9.73 Å². The first-order valence-corrected chi connectivity index (χ1v) is 12.7. The number of carbonyl (C=O) groups excluding carboxylic acids is 1. The van der Waals surface area contributed by atoms with Crippen LogP contribution in [-0.4, -0.2) is 61.4 Å². The highest BCUT2D eigenvalue weighted by Crippen LogP contribution is 2.26. The van der Waals surface area contributed by atoms with E-state index in [1.54, 1.807) is 32.9 Å². The maximum Gasteiger partial charge on any atom is 0.246 e. The minimum Gasteiger partial charge on any atom is -0.468 e. The molecule has 0 aromatic carbocycles. The second-order valence-corrected chi connectivity index (χ2v) is 11.8. The molecular weight excluding hydrogens is 432 g/mol. The van der Waals surface area contributed by atoms with Gasteiger partial charge in [-0.05, 0) is 39.3 Å². The SMILES string of the molecule is Cc1nn([C@@H](C)C(=O)N[C@@H]2CCS(=O)(=O)C2)c(C)c1S(=O)(=O)N(C)Cc1ccco1. The molecule has 0 unspecified atom stereocenters. The number of sulfone groups is 1. The van der Waals surface area contributed by atoms with Crippen molar-refractivity contribution in [1.82, 2.24) is 19.4 Å². The third-order valence-electron chi connectivity index (χ3n) is 5.21. The molecule has 0 spiro atoms. The Morgan fingerprint density at radius 1 is 1.43 bits per heavy atom. The van der Waals surface area contributed by atoms with Gasteiger partial charge in [-0.25, -0.2) is 16.8 Å². The first kappa shape index (κ1) is 22.5. The summed E-state index contributed by atoms with van der Waals surface area (Å²) in [6, 6.07) is 2.13. The van der Waals surface area contributed by atoms with Crippen molar-refractivity contribution in [2.45, 2.75) is 50.7 Å². The van der Waals surface area contributed by atoms with Crippen molar-refractivity contribution >= 4 is 25.8 Å². The number of aromatic nitrogens is 2. The van der Waals surface area contributed by atoms with Gasteiger partial charge in [-0.1, -0.05) is 0 Å². The van der Waals surface area contributed by atoms with E-state index in [0.29, 0.717) is 17.9 Å². The lowest BCUT2D eigenvalue weighted by Crippen LogP contribution is -2.40. The summed E-state index contributed by atoms with van der Waals surface area (Å²) in [6.07, 6.45) is 1.84. The minimum atomic E-state index is -3.87. The van der Waals surface area contributed by atoms with Crippen molar-refractivity contribution in [2.75, 3.05) is 18.6 Å². The molecule has 1 N–H and O–H groups in total. The van der Waals surface area contributed by atoms with Crippen LogP contribution in [0.25, 0.3) is 0 Å². The minimum absolute atomic E-state index is 0.0413. The smallest absolute Gasteiger partial charge is 0.246 e. The third kappa shape index (κ3) is 4.44. The van der Waals surface area contributed by atoms with Crippen LogP contribution in [0.4, 0.5) is 0 Å². The van der Waals surface area contributed by atoms with Gasteiger partial charge >= 0.3 is 0 Å². The lowest BCUT2D eigenvalue weighted by atomic mass is 10.2. The van der Waals surface area contributed by atoms with Crippen LogP contribution in [0.2, 0.25) is 0 Å². The molecule has 3 heterocycles. The van der Waals surface area contributed by atoms with Gasteiger partial charge in [0.25, 0.3) is 0 Å². The Balaban J connectivity index is 1.81. The average Bonchev–Trinajstić information content (AvgIpc) is 3.34. The normalized spacial score (nSPS) is 19.8. The zero-order valence-corrected chi connectivity index (χ0v) is 19.0. The van der Waals surface area contributed by atoms with E-state index in [9.17, 15) is 21.6 Å².